The molecule has 1 N–H and O–H groups in total. The molecule has 0 radical (unpaired) electrons. The van der Waals surface area contributed by atoms with E-state index in [-0.39, 0.29) is 12.5 Å². The number of carbonyl (C=O) groups excluding carboxylic acids is 1. The van der Waals surface area contributed by atoms with Crippen LogP contribution in [0.2, 0.25) is 0 Å². The molecule has 0 bridgehead atoms. The number of rotatable bonds is 4. The summed E-state index contributed by atoms with van der Waals surface area (Å²) in [7, 11) is 1.37. The fourth-order valence-electron chi connectivity index (χ4n) is 3.11. The number of nitrogens with zero attached hydrogens (tertiary/aromatic N) is 3. The van der Waals surface area contributed by atoms with Crippen molar-refractivity contribution in [2.24, 2.45) is 0 Å². The van der Waals surface area contributed by atoms with E-state index in [0.29, 0.717) is 11.4 Å². The van der Waals surface area contributed by atoms with E-state index in [4.69, 9.17) is 4.74 Å². The number of carbonyl (C=O) groups is 1. The number of benzene rings is 2. The average molecular weight is 356 g/mol. The first-order chi connectivity index (χ1) is 13.2. The van der Waals surface area contributed by atoms with Gasteiger partial charge in [-0.05, 0) is 24.3 Å². The van der Waals surface area contributed by atoms with Crippen LogP contribution >= 0.6 is 0 Å². The largest absolute Gasteiger partial charge is 0.468 e. The van der Waals surface area contributed by atoms with Gasteiger partial charge in [-0.25, -0.2) is 4.98 Å². The maximum atomic E-state index is 11.7. The van der Waals surface area contributed by atoms with Crippen LogP contribution in [-0.2, 0) is 16.1 Å². The lowest BCUT2D eigenvalue weighted by Crippen LogP contribution is -2.10. The van der Waals surface area contributed by atoms with Gasteiger partial charge >= 0.3 is 5.97 Å². The normalized spacial score (nSPS) is 11.6. The van der Waals surface area contributed by atoms with Crippen LogP contribution < -0.4 is 0 Å². The van der Waals surface area contributed by atoms with Crippen molar-refractivity contribution < 1.29 is 9.53 Å². The number of hydrogen-bond acceptors (Lipinski definition) is 4. The number of aromatic amines is 1. The van der Waals surface area contributed by atoms with E-state index in [1.165, 1.54) is 7.11 Å². The molecule has 0 spiro atoms. The summed E-state index contributed by atoms with van der Waals surface area (Å²) in [6, 6.07) is 17.6. The number of H-pyrrole nitrogens is 1. The molecule has 4 aromatic rings. The predicted octanol–water partition coefficient (Wildman–Crippen LogP) is 3.75. The second kappa shape index (κ2) is 6.81. The lowest BCUT2D eigenvalue weighted by Gasteiger charge is -2.02. The molecule has 0 aliphatic heterocycles. The number of allylic oxidation sites excluding steroid dienone is 1. The van der Waals surface area contributed by atoms with Crippen LogP contribution in [0, 0.1) is 11.3 Å². The molecule has 2 aromatic heterocycles. The van der Waals surface area contributed by atoms with Crippen LogP contribution in [0.4, 0.5) is 0 Å². The maximum absolute atomic E-state index is 11.7. The molecule has 0 saturated carbocycles. The Morgan fingerprint density at radius 2 is 2.04 bits per heavy atom. The Hall–Kier alpha value is -3.85. The third kappa shape index (κ3) is 3.07. The quantitative estimate of drug-likeness (QED) is 0.446. The van der Waals surface area contributed by atoms with Crippen molar-refractivity contribution >= 4 is 39.6 Å². The van der Waals surface area contributed by atoms with Gasteiger partial charge in [0.2, 0.25) is 0 Å². The van der Waals surface area contributed by atoms with E-state index in [0.717, 1.165) is 27.5 Å². The van der Waals surface area contributed by atoms with E-state index in [2.05, 4.69) is 16.0 Å². The monoisotopic (exact) mass is 356 g/mol. The summed E-state index contributed by atoms with van der Waals surface area (Å²) in [5, 5.41) is 10.6. The molecule has 0 atom stereocenters. The van der Waals surface area contributed by atoms with Crippen LogP contribution in [0.1, 0.15) is 11.4 Å². The highest BCUT2D eigenvalue weighted by Crippen LogP contribution is 2.26. The minimum absolute atomic E-state index is 0.109. The van der Waals surface area contributed by atoms with Crippen molar-refractivity contribution in [1.29, 1.82) is 5.26 Å². The number of aromatic nitrogens is 3. The Morgan fingerprint density at radius 1 is 1.26 bits per heavy atom. The standard InChI is InChI=1S/C21H16N4O2/c1-27-20(26)13-25-12-15(16-6-2-5-9-19(16)25)10-14(11-22)21-23-17-7-3-4-8-18(17)24-21/h2-10,12H,13H2,1H3,(H,23,24)/b14-10+. The highest BCUT2D eigenvalue weighted by Gasteiger charge is 2.13. The van der Waals surface area contributed by atoms with E-state index in [1.54, 1.807) is 6.08 Å². The molecular formula is C21H16N4O2. The number of hydrogen-bond donors (Lipinski definition) is 1. The van der Waals surface area contributed by atoms with Crippen LogP contribution in [0.15, 0.2) is 54.7 Å². The van der Waals surface area contributed by atoms with Crippen molar-refractivity contribution in [2.45, 2.75) is 6.54 Å². The molecule has 2 heterocycles. The van der Waals surface area contributed by atoms with Crippen molar-refractivity contribution in [2.75, 3.05) is 7.11 Å². The van der Waals surface area contributed by atoms with Crippen molar-refractivity contribution in [3.63, 3.8) is 0 Å². The molecule has 6 nitrogen and oxygen atoms in total. The molecule has 0 amide bonds. The summed E-state index contributed by atoms with van der Waals surface area (Å²) in [5.74, 6) is 0.188. The molecule has 132 valence electrons. The van der Waals surface area contributed by atoms with Gasteiger partial charge in [0.25, 0.3) is 0 Å². The Morgan fingerprint density at radius 3 is 2.81 bits per heavy atom. The minimum Gasteiger partial charge on any atom is -0.468 e. The van der Waals surface area contributed by atoms with Crippen molar-refractivity contribution in [3.05, 3.63) is 66.1 Å². The summed E-state index contributed by atoms with van der Waals surface area (Å²) < 4.78 is 6.60. The van der Waals surface area contributed by atoms with Crippen molar-refractivity contribution in [3.8, 4) is 6.07 Å². The van der Waals surface area contributed by atoms with Gasteiger partial charge in [0.1, 0.15) is 18.4 Å². The Bertz CT molecular complexity index is 1190. The molecule has 4 rings (SSSR count). The second-order valence-electron chi connectivity index (χ2n) is 6.08. The number of nitriles is 1. The fraction of sp³-hybridized carbons (Fsp3) is 0.0952. The van der Waals surface area contributed by atoms with Gasteiger partial charge in [-0.2, -0.15) is 5.26 Å². The topological polar surface area (TPSA) is 83.7 Å². The zero-order valence-corrected chi connectivity index (χ0v) is 14.6. The third-order valence-electron chi connectivity index (χ3n) is 4.41. The van der Waals surface area contributed by atoms with Gasteiger partial charge in [-0.1, -0.05) is 30.3 Å². The van der Waals surface area contributed by atoms with E-state index >= 15 is 0 Å². The zero-order chi connectivity index (χ0) is 18.8. The van der Waals surface area contributed by atoms with Crippen LogP contribution in [-0.4, -0.2) is 27.6 Å². The summed E-state index contributed by atoms with van der Waals surface area (Å²) in [6.45, 7) is 0.109. The summed E-state index contributed by atoms with van der Waals surface area (Å²) in [6.07, 6.45) is 3.63. The highest BCUT2D eigenvalue weighted by molar-refractivity contribution is 5.98. The number of nitrogens with one attached hydrogen (secondary N) is 1. The summed E-state index contributed by atoms with van der Waals surface area (Å²) >= 11 is 0. The van der Waals surface area contributed by atoms with Crippen LogP contribution in [0.5, 0.6) is 0 Å². The molecular weight excluding hydrogens is 340 g/mol. The van der Waals surface area contributed by atoms with E-state index in [9.17, 15) is 10.1 Å². The van der Waals surface area contributed by atoms with Gasteiger partial charge in [0.15, 0.2) is 0 Å². The number of fused-ring (bicyclic) bond motifs is 2. The number of methoxy groups -OCH3 is 1. The van der Waals surface area contributed by atoms with Gasteiger partial charge in [0.05, 0.1) is 23.7 Å². The second-order valence-corrected chi connectivity index (χ2v) is 6.08. The number of imidazole rings is 1. The maximum Gasteiger partial charge on any atom is 0.325 e. The van der Waals surface area contributed by atoms with Crippen molar-refractivity contribution in [1.82, 2.24) is 14.5 Å². The fourth-order valence-corrected chi connectivity index (χ4v) is 3.11. The van der Waals surface area contributed by atoms with Gasteiger partial charge in [-0.3, -0.25) is 4.79 Å². The molecule has 0 fully saturated rings. The minimum atomic E-state index is -0.330. The summed E-state index contributed by atoms with van der Waals surface area (Å²) in [4.78, 5) is 19.4. The van der Waals surface area contributed by atoms with E-state index in [1.807, 2.05) is 59.3 Å². The van der Waals surface area contributed by atoms with Gasteiger partial charge in [0, 0.05) is 22.7 Å². The van der Waals surface area contributed by atoms with Gasteiger partial charge in [-0.15, -0.1) is 0 Å². The first-order valence-corrected chi connectivity index (χ1v) is 8.41. The third-order valence-corrected chi connectivity index (χ3v) is 4.41. The van der Waals surface area contributed by atoms with Crippen LogP contribution in [0.25, 0.3) is 33.6 Å². The Balaban J connectivity index is 1.83. The number of ether oxygens (including phenoxy) is 1. The van der Waals surface area contributed by atoms with Gasteiger partial charge < -0.3 is 14.3 Å². The number of para-hydroxylation sites is 3. The first-order valence-electron chi connectivity index (χ1n) is 8.41. The molecule has 27 heavy (non-hydrogen) atoms. The summed E-state index contributed by atoms with van der Waals surface area (Å²) in [5.41, 5.74) is 3.85. The SMILES string of the molecule is COC(=O)Cn1cc(/C=C(\C#N)c2nc3ccccc3[nH]2)c2ccccc21. The zero-order valence-electron chi connectivity index (χ0n) is 14.6. The smallest absolute Gasteiger partial charge is 0.325 e. The first kappa shape index (κ1) is 16.6. The molecule has 0 unspecified atom stereocenters. The molecule has 6 heteroatoms. The average Bonchev–Trinajstić information content (AvgIpc) is 3.28. The Labute approximate surface area is 155 Å². The number of esters is 1. The predicted molar refractivity (Wildman–Crippen MR) is 104 cm³/mol. The molecule has 0 saturated heterocycles. The van der Waals surface area contributed by atoms with Crippen LogP contribution in [0.3, 0.4) is 0 Å². The highest BCUT2D eigenvalue weighted by atomic mass is 16.5. The molecule has 0 aliphatic carbocycles. The molecule has 2 aromatic carbocycles. The van der Waals surface area contributed by atoms with E-state index < -0.39 is 0 Å². The lowest BCUT2D eigenvalue weighted by molar-refractivity contribution is -0.141. The Kier molecular flexibility index (Phi) is 4.19. The molecule has 0 aliphatic rings. The lowest BCUT2D eigenvalue weighted by atomic mass is 10.1.